The lowest BCUT2D eigenvalue weighted by atomic mass is 10.1. The Labute approximate surface area is 126 Å². The lowest BCUT2D eigenvalue weighted by molar-refractivity contribution is -0.136. The first-order chi connectivity index (χ1) is 10.1. The first kappa shape index (κ1) is 15.2. The third-order valence-electron chi connectivity index (χ3n) is 2.81. The molecule has 5 nitrogen and oxygen atoms in total. The van der Waals surface area contributed by atoms with Gasteiger partial charge in [0.1, 0.15) is 0 Å². The van der Waals surface area contributed by atoms with Gasteiger partial charge in [-0.1, -0.05) is 19.1 Å². The number of anilines is 1. The average Bonchev–Trinajstić information content (AvgIpc) is 2.85. The summed E-state index contributed by atoms with van der Waals surface area (Å²) in [6.07, 6.45) is 1.03. The van der Waals surface area contributed by atoms with Crippen molar-refractivity contribution in [1.82, 2.24) is 4.98 Å². The minimum atomic E-state index is -0.895. The van der Waals surface area contributed by atoms with Gasteiger partial charge in [-0.15, -0.1) is 11.3 Å². The fourth-order valence-corrected chi connectivity index (χ4v) is 2.64. The lowest BCUT2D eigenvalue weighted by Crippen LogP contribution is -2.15. The van der Waals surface area contributed by atoms with Crippen LogP contribution >= 0.6 is 11.3 Å². The molecule has 0 bridgehead atoms. The molecule has 0 aliphatic carbocycles. The molecule has 21 heavy (non-hydrogen) atoms. The van der Waals surface area contributed by atoms with Crippen LogP contribution in [0.25, 0.3) is 0 Å². The van der Waals surface area contributed by atoms with Crippen LogP contribution in [-0.4, -0.2) is 22.0 Å². The van der Waals surface area contributed by atoms with Crippen LogP contribution in [0.15, 0.2) is 29.6 Å². The Hall–Kier alpha value is -2.21. The zero-order chi connectivity index (χ0) is 15.2. The van der Waals surface area contributed by atoms with Crippen LogP contribution in [-0.2, 0) is 28.9 Å². The number of amides is 1. The Morgan fingerprint density at radius 1 is 1.33 bits per heavy atom. The van der Waals surface area contributed by atoms with Gasteiger partial charge in [0.2, 0.25) is 5.91 Å². The van der Waals surface area contributed by atoms with Gasteiger partial charge in [0.25, 0.3) is 0 Å². The third-order valence-corrected chi connectivity index (χ3v) is 3.85. The Morgan fingerprint density at radius 2 is 2.14 bits per heavy atom. The van der Waals surface area contributed by atoms with Crippen molar-refractivity contribution in [3.63, 3.8) is 0 Å². The topological polar surface area (TPSA) is 79.3 Å². The molecule has 2 aromatic rings. The van der Waals surface area contributed by atoms with Gasteiger partial charge in [0, 0.05) is 11.1 Å². The lowest BCUT2D eigenvalue weighted by Gasteiger charge is -2.05. The van der Waals surface area contributed by atoms with Gasteiger partial charge in [0.15, 0.2) is 0 Å². The Morgan fingerprint density at radius 3 is 2.81 bits per heavy atom. The molecular weight excluding hydrogens is 288 g/mol. The second-order valence-corrected chi connectivity index (χ2v) is 5.52. The van der Waals surface area contributed by atoms with Crippen LogP contribution in [0.1, 0.15) is 23.2 Å². The van der Waals surface area contributed by atoms with E-state index in [2.05, 4.69) is 10.3 Å². The van der Waals surface area contributed by atoms with Gasteiger partial charge < -0.3 is 10.4 Å². The second-order valence-electron chi connectivity index (χ2n) is 4.58. The highest BCUT2D eigenvalue weighted by molar-refractivity contribution is 7.09. The molecule has 0 spiro atoms. The summed E-state index contributed by atoms with van der Waals surface area (Å²) in [5.74, 6) is -1.05. The molecule has 110 valence electrons. The van der Waals surface area contributed by atoms with Crippen molar-refractivity contribution in [2.75, 3.05) is 5.32 Å². The molecule has 2 rings (SSSR count). The number of carbonyl (C=O) groups is 2. The molecule has 0 radical (unpaired) electrons. The molecule has 0 aliphatic heterocycles. The zero-order valence-electron chi connectivity index (χ0n) is 11.6. The van der Waals surface area contributed by atoms with Crippen molar-refractivity contribution in [1.29, 1.82) is 0 Å². The maximum Gasteiger partial charge on any atom is 0.307 e. The molecule has 6 heteroatoms. The van der Waals surface area contributed by atoms with Gasteiger partial charge in [-0.05, 0) is 24.1 Å². The van der Waals surface area contributed by atoms with Crippen molar-refractivity contribution in [2.24, 2.45) is 0 Å². The predicted molar refractivity (Wildman–Crippen MR) is 81.6 cm³/mol. The maximum atomic E-state index is 12.0. The summed E-state index contributed by atoms with van der Waals surface area (Å²) in [5, 5.41) is 14.4. The number of nitrogens with zero attached hydrogens (tertiary/aromatic N) is 1. The molecule has 0 saturated carbocycles. The molecule has 2 N–H and O–H groups in total. The number of aromatic nitrogens is 1. The summed E-state index contributed by atoms with van der Waals surface area (Å²) in [6, 6.07) is 6.86. The van der Waals surface area contributed by atoms with Crippen molar-refractivity contribution in [3.8, 4) is 0 Å². The summed E-state index contributed by atoms with van der Waals surface area (Å²) in [6.45, 7) is 2.02. The summed E-state index contributed by atoms with van der Waals surface area (Å²) >= 11 is 1.55. The normalized spacial score (nSPS) is 10.3. The third kappa shape index (κ3) is 4.68. The molecule has 1 amide bonds. The van der Waals surface area contributed by atoms with E-state index in [-0.39, 0.29) is 18.7 Å². The molecule has 1 aromatic heterocycles. The fraction of sp³-hybridized carbons (Fsp3) is 0.267. The highest BCUT2D eigenvalue weighted by Gasteiger charge is 2.08. The quantitative estimate of drug-likeness (QED) is 0.859. The number of thiazole rings is 1. The van der Waals surface area contributed by atoms with E-state index in [1.165, 1.54) is 0 Å². The number of carbonyl (C=O) groups excluding carboxylic acids is 1. The molecule has 0 unspecified atom stereocenters. The molecule has 0 fully saturated rings. The number of nitrogens with one attached hydrogen (secondary N) is 1. The van der Waals surface area contributed by atoms with Crippen LogP contribution in [0, 0.1) is 0 Å². The van der Waals surface area contributed by atoms with Crippen LogP contribution < -0.4 is 5.32 Å². The van der Waals surface area contributed by atoms with E-state index in [4.69, 9.17) is 5.11 Å². The van der Waals surface area contributed by atoms with Crippen molar-refractivity contribution < 1.29 is 14.7 Å². The monoisotopic (exact) mass is 304 g/mol. The average molecular weight is 304 g/mol. The number of aliphatic carboxylic acids is 1. The summed E-state index contributed by atoms with van der Waals surface area (Å²) in [4.78, 5) is 27.0. The number of carboxylic acids is 1. The molecule has 1 aromatic carbocycles. The summed E-state index contributed by atoms with van der Waals surface area (Å²) in [7, 11) is 0. The standard InChI is InChI=1S/C15H16N2O3S/c1-2-14-17-12(9-21-14)8-13(18)16-11-5-3-4-10(6-11)7-15(19)20/h3-6,9H,2,7-8H2,1H3,(H,16,18)(H,19,20). The minimum Gasteiger partial charge on any atom is -0.481 e. The maximum absolute atomic E-state index is 12.0. The SMILES string of the molecule is CCc1nc(CC(=O)Nc2cccc(CC(=O)O)c2)cs1. The van der Waals surface area contributed by atoms with Crippen molar-refractivity contribution >= 4 is 28.9 Å². The minimum absolute atomic E-state index is 0.0599. The van der Waals surface area contributed by atoms with E-state index in [1.807, 2.05) is 12.3 Å². The molecule has 0 aliphatic rings. The number of benzene rings is 1. The number of aryl methyl sites for hydroxylation is 1. The van der Waals surface area contributed by atoms with Gasteiger partial charge in [-0.2, -0.15) is 0 Å². The largest absolute Gasteiger partial charge is 0.481 e. The number of carboxylic acid groups (broad SMARTS) is 1. The highest BCUT2D eigenvalue weighted by Crippen LogP contribution is 2.14. The van der Waals surface area contributed by atoms with E-state index < -0.39 is 5.97 Å². The molecule has 0 saturated heterocycles. The second kappa shape index (κ2) is 6.99. The Bertz CT molecular complexity index is 652. The van der Waals surface area contributed by atoms with E-state index in [9.17, 15) is 9.59 Å². The van der Waals surface area contributed by atoms with Crippen LogP contribution in [0.3, 0.4) is 0 Å². The van der Waals surface area contributed by atoms with Gasteiger partial charge in [0.05, 0.1) is 23.5 Å². The first-order valence-electron chi connectivity index (χ1n) is 6.60. The van der Waals surface area contributed by atoms with Crippen molar-refractivity contribution in [3.05, 3.63) is 45.9 Å². The van der Waals surface area contributed by atoms with Gasteiger partial charge in [-0.3, -0.25) is 9.59 Å². The molecule has 0 atom stereocenters. The Balaban J connectivity index is 1.97. The first-order valence-corrected chi connectivity index (χ1v) is 7.48. The van der Waals surface area contributed by atoms with Gasteiger partial charge >= 0.3 is 5.97 Å². The van der Waals surface area contributed by atoms with Crippen molar-refractivity contribution in [2.45, 2.75) is 26.2 Å². The zero-order valence-corrected chi connectivity index (χ0v) is 12.4. The molecule has 1 heterocycles. The highest BCUT2D eigenvalue weighted by atomic mass is 32.1. The van der Waals surface area contributed by atoms with Crippen LogP contribution in [0.2, 0.25) is 0 Å². The number of hydrogen-bond donors (Lipinski definition) is 2. The summed E-state index contributed by atoms with van der Waals surface area (Å²) in [5.41, 5.74) is 2.02. The van der Waals surface area contributed by atoms with Gasteiger partial charge in [-0.25, -0.2) is 4.98 Å². The van der Waals surface area contributed by atoms with E-state index in [1.54, 1.807) is 35.6 Å². The van der Waals surface area contributed by atoms with E-state index in [0.717, 1.165) is 17.1 Å². The number of hydrogen-bond acceptors (Lipinski definition) is 4. The fourth-order valence-electron chi connectivity index (χ4n) is 1.90. The van der Waals surface area contributed by atoms with Crippen LogP contribution in [0.4, 0.5) is 5.69 Å². The van der Waals surface area contributed by atoms with Crippen LogP contribution in [0.5, 0.6) is 0 Å². The van der Waals surface area contributed by atoms with E-state index >= 15 is 0 Å². The molecular formula is C15H16N2O3S. The Kier molecular flexibility index (Phi) is 5.05. The number of rotatable bonds is 6. The summed E-state index contributed by atoms with van der Waals surface area (Å²) < 4.78 is 0. The predicted octanol–water partition coefficient (Wildman–Crippen LogP) is 2.51. The van der Waals surface area contributed by atoms with E-state index in [0.29, 0.717) is 11.3 Å². The smallest absolute Gasteiger partial charge is 0.307 e.